The molecule has 3 aromatic carbocycles. The van der Waals surface area contributed by atoms with Crippen LogP contribution >= 0.6 is 0 Å². The Morgan fingerprint density at radius 1 is 0.768 bits per heavy atom. The van der Waals surface area contributed by atoms with Crippen molar-refractivity contribution in [2.75, 3.05) is 20.3 Å². The third-order valence-electron chi connectivity index (χ3n) is 9.04. The van der Waals surface area contributed by atoms with Crippen molar-refractivity contribution < 1.29 is 88.7 Å². The van der Waals surface area contributed by atoms with Crippen LogP contribution in [-0.4, -0.2) is 139 Å². The van der Waals surface area contributed by atoms with Gasteiger partial charge in [-0.25, -0.2) is 4.79 Å². The molecule has 19 nitrogen and oxygen atoms in total. The zero-order valence-electron chi connectivity index (χ0n) is 29.2. The number of esters is 1. The van der Waals surface area contributed by atoms with Crippen LogP contribution in [0.2, 0.25) is 0 Å². The molecule has 0 spiro atoms. The van der Waals surface area contributed by atoms with Gasteiger partial charge in [0.1, 0.15) is 83.7 Å². The number of phenolic OH excluding ortho intramolecular Hbond substituents is 3. The summed E-state index contributed by atoms with van der Waals surface area (Å²) in [4.78, 5) is 26.6. The smallest absolute Gasteiger partial charge is 0.330 e. The molecule has 56 heavy (non-hydrogen) atoms. The highest BCUT2D eigenvalue weighted by Crippen LogP contribution is 2.38. The molecule has 19 heteroatoms. The SMILES string of the molecule is COc1cc(/C=C/C(=O)OC[C@H]2O[C@@H](Oc3c(-c4ccc(O)cc4)oc4cc(O[C@@H]5O[C@H](CO)[C@@H](O)[C@H](O)[C@H]5O)cc(O)c4c3=O)[C@H](O)[C@@H](O)[C@@H]2O)ccc1O. The largest absolute Gasteiger partial charge is 0.508 e. The zero-order chi connectivity index (χ0) is 40.4. The van der Waals surface area contributed by atoms with E-state index in [2.05, 4.69) is 0 Å². The lowest BCUT2D eigenvalue weighted by Crippen LogP contribution is -2.60. The lowest BCUT2D eigenvalue weighted by Gasteiger charge is -2.39. The molecule has 10 atom stereocenters. The normalized spacial score (nSPS) is 27.9. The van der Waals surface area contributed by atoms with E-state index in [-0.39, 0.29) is 39.9 Å². The number of carbonyl (C=O) groups excluding carboxylic acids is 1. The Morgan fingerprint density at radius 2 is 1.41 bits per heavy atom. The van der Waals surface area contributed by atoms with Gasteiger partial charge in [-0.1, -0.05) is 6.07 Å². The predicted octanol–water partition coefficient (Wildman–Crippen LogP) is -0.793. The molecular formula is C37H38O19. The third-order valence-corrected chi connectivity index (χ3v) is 9.04. The van der Waals surface area contributed by atoms with Gasteiger partial charge in [0.05, 0.1) is 13.7 Å². The number of aliphatic hydroxyl groups is 7. The summed E-state index contributed by atoms with van der Waals surface area (Å²) in [7, 11) is 1.35. The lowest BCUT2D eigenvalue weighted by atomic mass is 9.99. The van der Waals surface area contributed by atoms with E-state index in [0.29, 0.717) is 5.56 Å². The summed E-state index contributed by atoms with van der Waals surface area (Å²) < 4.78 is 38.7. The average molecular weight is 787 g/mol. The Morgan fingerprint density at radius 3 is 2.07 bits per heavy atom. The Labute approximate surface area is 315 Å². The van der Waals surface area contributed by atoms with Crippen molar-refractivity contribution in [3.8, 4) is 45.8 Å². The van der Waals surface area contributed by atoms with Crippen molar-refractivity contribution in [1.82, 2.24) is 0 Å². The van der Waals surface area contributed by atoms with Gasteiger partial charge < -0.3 is 83.9 Å². The quantitative estimate of drug-likeness (QED) is 0.0658. The van der Waals surface area contributed by atoms with Crippen LogP contribution in [0.1, 0.15) is 5.56 Å². The van der Waals surface area contributed by atoms with Crippen LogP contribution in [0, 0.1) is 0 Å². The van der Waals surface area contributed by atoms with Gasteiger partial charge >= 0.3 is 5.97 Å². The Kier molecular flexibility index (Phi) is 12.0. The summed E-state index contributed by atoms with van der Waals surface area (Å²) in [6, 6.07) is 11.5. The number of ether oxygens (including phenoxy) is 6. The molecule has 3 heterocycles. The standard InChI is InChI=1S/C37H38O19/c1-50-21-10-15(2-8-19(21)40)3-9-25(42)51-14-24-28(44)31(47)33(49)37(55-24)56-35-29(45)26-20(41)11-18(52-36-32(48)30(46)27(43)23(13-38)54-36)12-22(26)53-34(35)16-4-6-17(39)7-5-16/h2-12,23-24,27-28,30-33,36-41,43-44,46-49H,13-14H2,1H3/b9-3+/t23-,24-,27-,28-,30+,31+,32-,33-,36-,37+/m1/s1. The van der Waals surface area contributed by atoms with Gasteiger partial charge in [0.2, 0.25) is 23.8 Å². The van der Waals surface area contributed by atoms with E-state index in [0.717, 1.165) is 18.2 Å². The molecule has 0 saturated carbocycles. The van der Waals surface area contributed by atoms with Crippen molar-refractivity contribution >= 4 is 23.0 Å². The zero-order valence-corrected chi connectivity index (χ0v) is 29.2. The maximum Gasteiger partial charge on any atom is 0.330 e. The van der Waals surface area contributed by atoms with Crippen LogP contribution in [0.15, 0.2) is 69.9 Å². The third kappa shape index (κ3) is 8.21. The van der Waals surface area contributed by atoms with E-state index >= 15 is 0 Å². The number of fused-ring (bicyclic) bond motifs is 1. The van der Waals surface area contributed by atoms with E-state index < -0.39 is 103 Å². The molecule has 0 aliphatic carbocycles. The first-order valence-electron chi connectivity index (χ1n) is 16.9. The molecule has 0 bridgehead atoms. The Bertz CT molecular complexity index is 2110. The highest BCUT2D eigenvalue weighted by Gasteiger charge is 2.47. The van der Waals surface area contributed by atoms with Gasteiger partial charge in [-0.2, -0.15) is 0 Å². The van der Waals surface area contributed by atoms with Crippen LogP contribution in [-0.2, 0) is 19.0 Å². The van der Waals surface area contributed by atoms with Crippen LogP contribution in [0.5, 0.6) is 34.5 Å². The average Bonchev–Trinajstić information content (AvgIpc) is 3.18. The second kappa shape index (κ2) is 16.7. The highest BCUT2D eigenvalue weighted by atomic mass is 16.7. The minimum Gasteiger partial charge on any atom is -0.508 e. The maximum absolute atomic E-state index is 14.1. The van der Waals surface area contributed by atoms with Gasteiger partial charge in [0.15, 0.2) is 17.3 Å². The first-order valence-corrected chi connectivity index (χ1v) is 16.9. The molecule has 0 amide bonds. The molecule has 0 unspecified atom stereocenters. The van der Waals surface area contributed by atoms with Crippen LogP contribution < -0.4 is 19.6 Å². The Balaban J connectivity index is 1.27. The number of methoxy groups -OCH3 is 1. The van der Waals surface area contributed by atoms with Crippen molar-refractivity contribution in [2.24, 2.45) is 0 Å². The fraction of sp³-hybridized carbons (Fsp3) is 0.351. The van der Waals surface area contributed by atoms with Crippen molar-refractivity contribution in [3.63, 3.8) is 0 Å². The molecule has 0 radical (unpaired) electrons. The van der Waals surface area contributed by atoms with Crippen molar-refractivity contribution in [3.05, 3.63) is 76.5 Å². The summed E-state index contributed by atoms with van der Waals surface area (Å²) in [6.45, 7) is -1.40. The molecule has 4 aromatic rings. The monoisotopic (exact) mass is 786 g/mol. The summed E-state index contributed by atoms with van der Waals surface area (Å²) >= 11 is 0. The molecular weight excluding hydrogens is 748 g/mol. The number of phenols is 3. The Hall–Kier alpha value is -5.48. The van der Waals surface area contributed by atoms with Gasteiger partial charge in [0, 0.05) is 23.8 Å². The molecule has 2 aliphatic rings. The number of hydrogen-bond acceptors (Lipinski definition) is 19. The van der Waals surface area contributed by atoms with E-state index in [9.17, 15) is 60.7 Å². The van der Waals surface area contributed by atoms with Gasteiger partial charge in [0.25, 0.3) is 0 Å². The number of hydrogen-bond donors (Lipinski definition) is 10. The maximum atomic E-state index is 14.1. The fourth-order valence-corrected chi connectivity index (χ4v) is 5.98. The highest BCUT2D eigenvalue weighted by molar-refractivity contribution is 5.88. The van der Waals surface area contributed by atoms with Gasteiger partial charge in [-0.15, -0.1) is 0 Å². The molecule has 10 N–H and O–H groups in total. The van der Waals surface area contributed by atoms with E-state index in [1.165, 1.54) is 55.7 Å². The van der Waals surface area contributed by atoms with E-state index in [1.54, 1.807) is 0 Å². The summed E-state index contributed by atoms with van der Waals surface area (Å²) in [6.07, 6.45) is -15.0. The molecule has 2 fully saturated rings. The second-order valence-corrected chi connectivity index (χ2v) is 12.8. The number of benzene rings is 3. The summed E-state index contributed by atoms with van der Waals surface area (Å²) in [5.41, 5.74) is -0.776. The first kappa shape index (κ1) is 40.2. The molecule has 300 valence electrons. The lowest BCUT2D eigenvalue weighted by molar-refractivity contribution is -0.278. The van der Waals surface area contributed by atoms with Gasteiger partial charge in [-0.05, 0) is 48.0 Å². The number of aliphatic hydroxyl groups excluding tert-OH is 7. The number of carbonyl (C=O) groups is 1. The summed E-state index contributed by atoms with van der Waals surface area (Å²) in [5, 5.41) is 103. The fourth-order valence-electron chi connectivity index (χ4n) is 5.98. The summed E-state index contributed by atoms with van der Waals surface area (Å²) in [5.74, 6) is -3.04. The molecule has 2 aliphatic heterocycles. The topological polar surface area (TPSA) is 305 Å². The second-order valence-electron chi connectivity index (χ2n) is 12.8. The van der Waals surface area contributed by atoms with Crippen LogP contribution in [0.3, 0.4) is 0 Å². The molecule has 6 rings (SSSR count). The van der Waals surface area contributed by atoms with E-state index in [4.69, 9.17) is 32.8 Å². The first-order chi connectivity index (χ1) is 26.7. The minimum absolute atomic E-state index is 0.115. The van der Waals surface area contributed by atoms with Crippen molar-refractivity contribution in [2.45, 2.75) is 61.4 Å². The molecule has 1 aromatic heterocycles. The van der Waals surface area contributed by atoms with Crippen LogP contribution in [0.25, 0.3) is 28.4 Å². The van der Waals surface area contributed by atoms with Crippen LogP contribution in [0.4, 0.5) is 0 Å². The molecule has 2 saturated heterocycles. The number of aromatic hydroxyl groups is 3. The number of rotatable bonds is 11. The minimum atomic E-state index is -1.99. The predicted molar refractivity (Wildman–Crippen MR) is 188 cm³/mol. The van der Waals surface area contributed by atoms with Crippen molar-refractivity contribution in [1.29, 1.82) is 0 Å². The van der Waals surface area contributed by atoms with E-state index in [1.807, 2.05) is 0 Å². The van der Waals surface area contributed by atoms with Gasteiger partial charge in [-0.3, -0.25) is 4.79 Å².